The van der Waals surface area contributed by atoms with Crippen LogP contribution in [0, 0.1) is 5.92 Å². The molecule has 16 heavy (non-hydrogen) atoms. The van der Waals surface area contributed by atoms with E-state index in [0.29, 0.717) is 5.88 Å². The quantitative estimate of drug-likeness (QED) is 0.724. The monoisotopic (exact) mass is 220 g/mol. The summed E-state index contributed by atoms with van der Waals surface area (Å²) in [6.45, 7) is 1.73. The Morgan fingerprint density at radius 2 is 2.44 bits per heavy atom. The number of anilines is 1. The van der Waals surface area contributed by atoms with Crippen LogP contribution in [0.15, 0.2) is 18.2 Å². The zero-order valence-corrected chi connectivity index (χ0v) is 9.43. The SMILES string of the molecule is COc1cccc(N2CCCC(C=O)C2)n1. The van der Waals surface area contributed by atoms with Gasteiger partial charge in [-0.25, -0.2) is 0 Å². The molecule has 1 aromatic heterocycles. The average molecular weight is 220 g/mol. The second kappa shape index (κ2) is 4.96. The van der Waals surface area contributed by atoms with Crippen molar-refractivity contribution in [2.75, 3.05) is 25.1 Å². The minimum absolute atomic E-state index is 0.141. The number of carbonyl (C=O) groups is 1. The molecule has 1 unspecified atom stereocenters. The highest BCUT2D eigenvalue weighted by atomic mass is 16.5. The maximum absolute atomic E-state index is 10.8. The standard InChI is InChI=1S/C12H16N2O2/c1-16-12-6-2-5-11(13-12)14-7-3-4-10(8-14)9-15/h2,5-6,9-10H,3-4,7-8H2,1H3. The first-order chi connectivity index (χ1) is 7.83. The van der Waals surface area contributed by atoms with E-state index in [1.54, 1.807) is 7.11 Å². The Bertz CT molecular complexity index is 368. The maximum Gasteiger partial charge on any atom is 0.214 e. The highest BCUT2D eigenvalue weighted by Crippen LogP contribution is 2.22. The average Bonchev–Trinajstić information content (AvgIpc) is 2.39. The first-order valence-corrected chi connectivity index (χ1v) is 5.55. The summed E-state index contributed by atoms with van der Waals surface area (Å²) in [5.74, 6) is 1.65. The first-order valence-electron chi connectivity index (χ1n) is 5.55. The van der Waals surface area contributed by atoms with Crippen LogP contribution in [0.4, 0.5) is 5.82 Å². The molecule has 2 rings (SSSR count). The van der Waals surface area contributed by atoms with E-state index in [0.717, 1.165) is 38.0 Å². The van der Waals surface area contributed by atoms with Crippen molar-refractivity contribution in [2.45, 2.75) is 12.8 Å². The van der Waals surface area contributed by atoms with E-state index < -0.39 is 0 Å². The minimum atomic E-state index is 0.141. The van der Waals surface area contributed by atoms with Crippen LogP contribution in [-0.4, -0.2) is 31.5 Å². The second-order valence-corrected chi connectivity index (χ2v) is 4.02. The fourth-order valence-corrected chi connectivity index (χ4v) is 2.02. The van der Waals surface area contributed by atoms with Gasteiger partial charge in [0.25, 0.3) is 0 Å². The van der Waals surface area contributed by atoms with Crippen LogP contribution in [0.5, 0.6) is 5.88 Å². The Morgan fingerprint density at radius 3 is 3.19 bits per heavy atom. The molecule has 4 heteroatoms. The summed E-state index contributed by atoms with van der Waals surface area (Å²) >= 11 is 0. The van der Waals surface area contributed by atoms with E-state index in [-0.39, 0.29) is 5.92 Å². The van der Waals surface area contributed by atoms with Crippen molar-refractivity contribution in [3.8, 4) is 5.88 Å². The van der Waals surface area contributed by atoms with Crippen LogP contribution >= 0.6 is 0 Å². The van der Waals surface area contributed by atoms with Gasteiger partial charge in [-0.1, -0.05) is 6.07 Å². The second-order valence-electron chi connectivity index (χ2n) is 4.02. The Hall–Kier alpha value is -1.58. The third-order valence-electron chi connectivity index (χ3n) is 2.89. The molecule has 0 saturated carbocycles. The number of hydrogen-bond donors (Lipinski definition) is 0. The van der Waals surface area contributed by atoms with Gasteiger partial charge in [0, 0.05) is 25.1 Å². The van der Waals surface area contributed by atoms with Crippen molar-refractivity contribution in [1.82, 2.24) is 4.98 Å². The number of rotatable bonds is 3. The van der Waals surface area contributed by atoms with E-state index >= 15 is 0 Å². The van der Waals surface area contributed by atoms with Gasteiger partial charge in [0.05, 0.1) is 7.11 Å². The molecule has 1 fully saturated rings. The molecule has 4 nitrogen and oxygen atoms in total. The Balaban J connectivity index is 2.13. The summed E-state index contributed by atoms with van der Waals surface area (Å²) in [6.07, 6.45) is 3.08. The number of piperidine rings is 1. The zero-order chi connectivity index (χ0) is 11.4. The van der Waals surface area contributed by atoms with Gasteiger partial charge in [-0.3, -0.25) is 0 Å². The molecule has 1 aliphatic rings. The molecule has 86 valence electrons. The van der Waals surface area contributed by atoms with Crippen LogP contribution in [0.25, 0.3) is 0 Å². The topological polar surface area (TPSA) is 42.4 Å². The summed E-state index contributed by atoms with van der Waals surface area (Å²) in [4.78, 5) is 17.3. The van der Waals surface area contributed by atoms with E-state index in [1.807, 2.05) is 18.2 Å². The van der Waals surface area contributed by atoms with Crippen molar-refractivity contribution < 1.29 is 9.53 Å². The zero-order valence-electron chi connectivity index (χ0n) is 9.43. The summed E-state index contributed by atoms with van der Waals surface area (Å²) in [7, 11) is 1.61. The molecule has 2 heterocycles. The minimum Gasteiger partial charge on any atom is -0.481 e. The van der Waals surface area contributed by atoms with Gasteiger partial charge in [-0.05, 0) is 18.9 Å². The third kappa shape index (κ3) is 2.32. The number of methoxy groups -OCH3 is 1. The number of aldehydes is 1. The van der Waals surface area contributed by atoms with Gasteiger partial charge in [-0.15, -0.1) is 0 Å². The fourth-order valence-electron chi connectivity index (χ4n) is 2.02. The molecule has 0 radical (unpaired) electrons. The molecule has 1 aromatic rings. The van der Waals surface area contributed by atoms with Crippen molar-refractivity contribution in [3.05, 3.63) is 18.2 Å². The summed E-state index contributed by atoms with van der Waals surface area (Å²) in [5.41, 5.74) is 0. The lowest BCUT2D eigenvalue weighted by atomic mass is 10.00. The normalized spacial score (nSPS) is 20.6. The van der Waals surface area contributed by atoms with Crippen molar-refractivity contribution in [1.29, 1.82) is 0 Å². The molecule has 0 N–H and O–H groups in total. The summed E-state index contributed by atoms with van der Waals surface area (Å²) < 4.78 is 5.09. The van der Waals surface area contributed by atoms with Gasteiger partial charge in [0.15, 0.2) is 0 Å². The van der Waals surface area contributed by atoms with Crippen LogP contribution in [0.2, 0.25) is 0 Å². The van der Waals surface area contributed by atoms with Gasteiger partial charge in [0.2, 0.25) is 5.88 Å². The van der Waals surface area contributed by atoms with Gasteiger partial charge >= 0.3 is 0 Å². The molecule has 0 aliphatic carbocycles. The molecule has 0 aromatic carbocycles. The highest BCUT2D eigenvalue weighted by molar-refractivity contribution is 5.56. The van der Waals surface area contributed by atoms with Crippen LogP contribution < -0.4 is 9.64 Å². The van der Waals surface area contributed by atoms with Crippen LogP contribution in [0.1, 0.15) is 12.8 Å². The highest BCUT2D eigenvalue weighted by Gasteiger charge is 2.20. The van der Waals surface area contributed by atoms with Crippen molar-refractivity contribution >= 4 is 12.1 Å². The van der Waals surface area contributed by atoms with Crippen LogP contribution in [-0.2, 0) is 4.79 Å². The third-order valence-corrected chi connectivity index (χ3v) is 2.89. The number of hydrogen-bond acceptors (Lipinski definition) is 4. The number of ether oxygens (including phenoxy) is 1. The number of aromatic nitrogens is 1. The van der Waals surface area contributed by atoms with E-state index in [9.17, 15) is 4.79 Å². The smallest absolute Gasteiger partial charge is 0.214 e. The molecule has 1 aliphatic heterocycles. The van der Waals surface area contributed by atoms with Gasteiger partial charge < -0.3 is 14.4 Å². The molecular formula is C12H16N2O2. The summed E-state index contributed by atoms with van der Waals surface area (Å²) in [6, 6.07) is 5.70. The number of nitrogens with zero attached hydrogens (tertiary/aromatic N) is 2. The van der Waals surface area contributed by atoms with E-state index in [1.165, 1.54) is 0 Å². The maximum atomic E-state index is 10.8. The fraction of sp³-hybridized carbons (Fsp3) is 0.500. The Morgan fingerprint density at radius 1 is 1.56 bits per heavy atom. The van der Waals surface area contributed by atoms with Gasteiger partial charge in [0.1, 0.15) is 12.1 Å². The molecule has 1 saturated heterocycles. The predicted molar refractivity (Wildman–Crippen MR) is 61.8 cm³/mol. The largest absolute Gasteiger partial charge is 0.481 e. The first kappa shape index (κ1) is 10.9. The van der Waals surface area contributed by atoms with Gasteiger partial charge in [-0.2, -0.15) is 4.98 Å². The molecule has 0 spiro atoms. The Labute approximate surface area is 95.2 Å². The number of carbonyl (C=O) groups excluding carboxylic acids is 1. The van der Waals surface area contributed by atoms with Crippen molar-refractivity contribution in [2.24, 2.45) is 5.92 Å². The van der Waals surface area contributed by atoms with Crippen molar-refractivity contribution in [3.63, 3.8) is 0 Å². The summed E-state index contributed by atoms with van der Waals surface area (Å²) in [5, 5.41) is 0. The number of pyridine rings is 1. The van der Waals surface area contributed by atoms with E-state index in [2.05, 4.69) is 9.88 Å². The molecular weight excluding hydrogens is 204 g/mol. The predicted octanol–water partition coefficient (Wildman–Crippen LogP) is 1.51. The lowest BCUT2D eigenvalue weighted by Crippen LogP contribution is -2.36. The molecule has 0 bridgehead atoms. The molecule has 0 amide bonds. The Kier molecular flexibility index (Phi) is 3.39. The van der Waals surface area contributed by atoms with E-state index in [4.69, 9.17) is 4.74 Å². The van der Waals surface area contributed by atoms with Crippen LogP contribution in [0.3, 0.4) is 0 Å². The molecule has 1 atom stereocenters. The lowest BCUT2D eigenvalue weighted by molar-refractivity contribution is -0.111. The lowest BCUT2D eigenvalue weighted by Gasteiger charge is -2.31.